The van der Waals surface area contributed by atoms with Crippen LogP contribution in [0.2, 0.25) is 0 Å². The van der Waals surface area contributed by atoms with Crippen molar-refractivity contribution in [2.45, 2.75) is 6.92 Å². The summed E-state index contributed by atoms with van der Waals surface area (Å²) in [6, 6.07) is 1.38. The van der Waals surface area contributed by atoms with Crippen molar-refractivity contribution in [1.82, 2.24) is 19.6 Å². The van der Waals surface area contributed by atoms with Crippen LogP contribution >= 0.6 is 0 Å². The molecule has 11 heavy (non-hydrogen) atoms. The smallest absolute Gasteiger partial charge is 0.273 e. The molecule has 0 spiro atoms. The Morgan fingerprint density at radius 3 is 3.18 bits per heavy atom. The Morgan fingerprint density at radius 1 is 1.64 bits per heavy atom. The van der Waals surface area contributed by atoms with E-state index in [1.807, 2.05) is 0 Å². The van der Waals surface area contributed by atoms with Gasteiger partial charge < -0.3 is 0 Å². The number of hydrogen-bond acceptors (Lipinski definition) is 3. The van der Waals surface area contributed by atoms with Gasteiger partial charge in [0.1, 0.15) is 5.82 Å². The van der Waals surface area contributed by atoms with Gasteiger partial charge >= 0.3 is 0 Å². The van der Waals surface area contributed by atoms with Gasteiger partial charge in [0.05, 0.1) is 0 Å². The van der Waals surface area contributed by atoms with Gasteiger partial charge in [-0.2, -0.15) is 9.50 Å². The fourth-order valence-electron chi connectivity index (χ4n) is 0.919. The van der Waals surface area contributed by atoms with Gasteiger partial charge in [-0.1, -0.05) is 0 Å². The number of nitrogens with zero attached hydrogens (tertiary/aromatic N) is 3. The molecule has 0 saturated heterocycles. The fourth-order valence-corrected chi connectivity index (χ4v) is 0.919. The maximum absolute atomic E-state index is 11.0. The monoisotopic (exact) mass is 150 g/mol. The zero-order valence-corrected chi connectivity index (χ0v) is 5.90. The molecule has 0 aliphatic heterocycles. The van der Waals surface area contributed by atoms with E-state index in [-0.39, 0.29) is 5.56 Å². The van der Waals surface area contributed by atoms with Crippen molar-refractivity contribution in [2.24, 2.45) is 0 Å². The Balaban J connectivity index is 3.02. The molecule has 56 valence electrons. The second-order valence-electron chi connectivity index (χ2n) is 2.23. The first-order valence-electron chi connectivity index (χ1n) is 3.18. The van der Waals surface area contributed by atoms with E-state index in [0.717, 1.165) is 0 Å². The lowest BCUT2D eigenvalue weighted by Gasteiger charge is -1.85. The molecule has 2 rings (SSSR count). The molecule has 0 amide bonds. The highest BCUT2D eigenvalue weighted by Crippen LogP contribution is 1.89. The molecule has 0 bridgehead atoms. The zero-order valence-electron chi connectivity index (χ0n) is 5.90. The van der Waals surface area contributed by atoms with Gasteiger partial charge in [0, 0.05) is 12.3 Å². The van der Waals surface area contributed by atoms with E-state index >= 15 is 0 Å². The normalized spacial score (nSPS) is 10.6. The summed E-state index contributed by atoms with van der Waals surface area (Å²) in [5.74, 6) is 1.09. The first-order chi connectivity index (χ1) is 5.27. The van der Waals surface area contributed by atoms with Crippen LogP contribution in [0.3, 0.4) is 0 Å². The molecule has 5 heteroatoms. The summed E-state index contributed by atoms with van der Waals surface area (Å²) in [5.41, 5.74) is -0.143. The Morgan fingerprint density at radius 2 is 2.45 bits per heavy atom. The van der Waals surface area contributed by atoms with Crippen molar-refractivity contribution in [3.63, 3.8) is 0 Å². The predicted octanol–water partition coefficient (Wildman–Crippen LogP) is -0.274. The summed E-state index contributed by atoms with van der Waals surface area (Å²) in [6.07, 6.45) is 1.44. The minimum absolute atomic E-state index is 0.143. The Bertz CT molecular complexity index is 441. The summed E-state index contributed by atoms with van der Waals surface area (Å²) in [7, 11) is 0. The number of rotatable bonds is 0. The van der Waals surface area contributed by atoms with Crippen molar-refractivity contribution in [2.75, 3.05) is 0 Å². The van der Waals surface area contributed by atoms with Crippen molar-refractivity contribution < 1.29 is 0 Å². The van der Waals surface area contributed by atoms with Crippen LogP contribution in [0.1, 0.15) is 5.82 Å². The summed E-state index contributed by atoms with van der Waals surface area (Å²) in [4.78, 5) is 18.9. The van der Waals surface area contributed by atoms with E-state index in [1.165, 1.54) is 16.8 Å². The molecular weight excluding hydrogens is 144 g/mol. The van der Waals surface area contributed by atoms with Crippen LogP contribution in [0, 0.1) is 6.92 Å². The summed E-state index contributed by atoms with van der Waals surface area (Å²) in [6.45, 7) is 1.77. The van der Waals surface area contributed by atoms with Crippen molar-refractivity contribution >= 4 is 5.78 Å². The van der Waals surface area contributed by atoms with Crippen LogP contribution in [0.4, 0.5) is 0 Å². The molecule has 2 aromatic heterocycles. The molecule has 5 nitrogen and oxygen atoms in total. The lowest BCUT2D eigenvalue weighted by atomic mass is 10.7. The fraction of sp³-hybridized carbons (Fsp3) is 0.167. The highest BCUT2D eigenvalue weighted by atomic mass is 16.1. The van der Waals surface area contributed by atoms with Gasteiger partial charge in [-0.25, -0.2) is 4.98 Å². The van der Waals surface area contributed by atoms with E-state index in [1.54, 1.807) is 6.92 Å². The highest BCUT2D eigenvalue weighted by Gasteiger charge is 1.98. The van der Waals surface area contributed by atoms with Gasteiger partial charge in [-0.15, -0.1) is 0 Å². The molecule has 0 aliphatic carbocycles. The average molecular weight is 150 g/mol. The van der Waals surface area contributed by atoms with Gasteiger partial charge in [-0.05, 0) is 6.92 Å². The molecule has 0 aromatic carbocycles. The van der Waals surface area contributed by atoms with Gasteiger partial charge in [0.2, 0.25) is 0 Å². The second kappa shape index (κ2) is 1.91. The third kappa shape index (κ3) is 0.813. The Kier molecular flexibility index (Phi) is 1.06. The molecule has 0 saturated carbocycles. The number of fused-ring (bicyclic) bond motifs is 1. The van der Waals surface area contributed by atoms with Gasteiger partial charge in [0.15, 0.2) is 0 Å². The number of H-pyrrole nitrogens is 1. The zero-order chi connectivity index (χ0) is 7.84. The SMILES string of the molecule is Cc1nc2nccc(=O)n2[nH]1. The molecule has 0 atom stereocenters. The maximum Gasteiger partial charge on any atom is 0.273 e. The van der Waals surface area contributed by atoms with Crippen LogP contribution in [-0.2, 0) is 0 Å². The van der Waals surface area contributed by atoms with Crippen LogP contribution in [0.15, 0.2) is 17.1 Å². The number of aryl methyl sites for hydroxylation is 1. The molecule has 0 radical (unpaired) electrons. The van der Waals surface area contributed by atoms with Crippen LogP contribution < -0.4 is 5.56 Å². The standard InChI is InChI=1S/C6H6N4O/c1-4-8-6-7-3-2-5(11)10(6)9-4/h2-3H,1H3,(H,7,8,9). The minimum Gasteiger partial charge on any atom is -0.275 e. The van der Waals surface area contributed by atoms with E-state index in [2.05, 4.69) is 15.1 Å². The second-order valence-corrected chi connectivity index (χ2v) is 2.23. The van der Waals surface area contributed by atoms with Crippen LogP contribution in [0.25, 0.3) is 5.78 Å². The lowest BCUT2D eigenvalue weighted by molar-refractivity contribution is 0.880. The van der Waals surface area contributed by atoms with Gasteiger partial charge in [-0.3, -0.25) is 9.89 Å². The van der Waals surface area contributed by atoms with E-state index in [0.29, 0.717) is 11.6 Å². The van der Waals surface area contributed by atoms with E-state index in [4.69, 9.17) is 0 Å². The van der Waals surface area contributed by atoms with E-state index in [9.17, 15) is 4.79 Å². The average Bonchev–Trinajstić information content (AvgIpc) is 2.31. The Labute approximate surface area is 61.7 Å². The largest absolute Gasteiger partial charge is 0.275 e. The van der Waals surface area contributed by atoms with Crippen molar-refractivity contribution in [3.8, 4) is 0 Å². The van der Waals surface area contributed by atoms with E-state index < -0.39 is 0 Å². The molecule has 0 fully saturated rings. The first kappa shape index (κ1) is 6.09. The molecule has 2 heterocycles. The van der Waals surface area contributed by atoms with Crippen LogP contribution in [0.5, 0.6) is 0 Å². The van der Waals surface area contributed by atoms with Crippen molar-refractivity contribution in [3.05, 3.63) is 28.4 Å². The third-order valence-corrected chi connectivity index (χ3v) is 1.37. The first-order valence-corrected chi connectivity index (χ1v) is 3.18. The number of hydrogen-bond donors (Lipinski definition) is 1. The number of aromatic amines is 1. The topological polar surface area (TPSA) is 63.1 Å². The summed E-state index contributed by atoms with van der Waals surface area (Å²) in [5, 5.41) is 2.76. The molecule has 2 aromatic rings. The lowest BCUT2D eigenvalue weighted by Crippen LogP contribution is -2.12. The Hall–Kier alpha value is -1.65. The molecule has 1 N–H and O–H groups in total. The third-order valence-electron chi connectivity index (χ3n) is 1.37. The number of nitrogens with one attached hydrogen (secondary N) is 1. The molecule has 0 aliphatic rings. The molecule has 0 unspecified atom stereocenters. The predicted molar refractivity (Wildman–Crippen MR) is 38.3 cm³/mol. The van der Waals surface area contributed by atoms with Crippen molar-refractivity contribution in [1.29, 1.82) is 0 Å². The maximum atomic E-state index is 11.0. The quantitative estimate of drug-likeness (QED) is 0.562. The number of aromatic nitrogens is 4. The highest BCUT2D eigenvalue weighted by molar-refractivity contribution is 5.24. The summed E-state index contributed by atoms with van der Waals surface area (Å²) >= 11 is 0. The van der Waals surface area contributed by atoms with Crippen LogP contribution in [-0.4, -0.2) is 19.6 Å². The summed E-state index contributed by atoms with van der Waals surface area (Å²) < 4.78 is 1.30. The molecular formula is C6H6N4O. The minimum atomic E-state index is -0.143. The van der Waals surface area contributed by atoms with Gasteiger partial charge in [0.25, 0.3) is 11.3 Å².